The first kappa shape index (κ1) is 83.7. The number of nitrogens with one attached hydrogen (secondary N) is 3. The van der Waals surface area contributed by atoms with Crippen molar-refractivity contribution in [2.24, 2.45) is 0 Å². The molecule has 5 aliphatic rings. The van der Waals surface area contributed by atoms with E-state index in [0.29, 0.717) is 69.3 Å². The summed E-state index contributed by atoms with van der Waals surface area (Å²) in [5, 5.41) is 15.6. The van der Waals surface area contributed by atoms with Crippen LogP contribution in [-0.2, 0) is 63.6 Å². The Kier molecular flexibility index (Phi) is 27.7. The summed E-state index contributed by atoms with van der Waals surface area (Å²) in [6.45, 7) is 15.0. The molecule has 22 nitrogen and oxygen atoms in total. The lowest BCUT2D eigenvalue weighted by Crippen LogP contribution is -2.50. The molecule has 128 heavy (non-hydrogen) atoms. The van der Waals surface area contributed by atoms with Gasteiger partial charge in [0.25, 0.3) is 0 Å². The molecule has 5 amide bonds. The third-order valence-corrected chi connectivity index (χ3v) is 22.0. The van der Waals surface area contributed by atoms with Crippen LogP contribution in [-0.4, -0.2) is 164 Å². The van der Waals surface area contributed by atoms with E-state index >= 15 is 0 Å². The van der Waals surface area contributed by atoms with E-state index in [4.69, 9.17) is 49.2 Å². The molecule has 11 aromatic rings. The number of anilines is 3. The third-order valence-electron chi connectivity index (χ3n) is 21.8. The topological polar surface area (TPSA) is 278 Å². The van der Waals surface area contributed by atoms with Gasteiger partial charge >= 0.3 is 36.4 Å². The van der Waals surface area contributed by atoms with Gasteiger partial charge in [-0.15, -0.1) is 0 Å². The molecule has 2 heterocycles. The first-order valence-corrected chi connectivity index (χ1v) is 42.5. The average Bonchev–Trinajstić information content (AvgIpc) is 1.62. The number of halogens is 3. The molecular formula is C103H105ClF2N8O14. The number of carboxylic acids is 1. The minimum absolute atomic E-state index is 0.0144. The van der Waals surface area contributed by atoms with Crippen molar-refractivity contribution in [2.45, 2.75) is 114 Å². The Balaban J connectivity index is 0.000000160. The summed E-state index contributed by atoms with van der Waals surface area (Å²) in [6, 6.07) is 75.1. The van der Waals surface area contributed by atoms with E-state index in [-0.39, 0.29) is 72.6 Å². The SMILES string of the molecule is CC(C)(C)OC(=O)N1CCN(c2ccc(F)cc2N)CC1.[2H]C([2H])(c1ccccc1)C(NC(=O)OCC1c2ccccc2-c2ccccc21)C(=O)Cc1cc(F)ccc1N1CCN(C(=O)OC(C)(C)C)CC1.[2H]C([2H])(c1ccccc1)C(NC(=O)OCC1c2ccccc2-c2ccccc21)C(=O)Cl.[2H]C([2H])(c1ccccc1)C(NC(=O)OCC1c2ccccc2-c2ccccc21)C(=O)O. The van der Waals surface area contributed by atoms with E-state index in [1.807, 2.05) is 171 Å². The van der Waals surface area contributed by atoms with E-state index in [2.05, 4.69) is 20.9 Å². The molecule has 3 unspecified atom stereocenters. The Morgan fingerprint density at radius 1 is 0.406 bits per heavy atom. The maximum Gasteiger partial charge on any atom is 0.410 e. The number of benzene rings is 11. The van der Waals surface area contributed by atoms with Gasteiger partial charge in [0, 0.05) is 103 Å². The van der Waals surface area contributed by atoms with Crippen LogP contribution in [0.1, 0.15) is 123 Å². The number of piperazine rings is 2. The van der Waals surface area contributed by atoms with Gasteiger partial charge in [0.05, 0.1) is 17.4 Å². The van der Waals surface area contributed by atoms with Crippen molar-refractivity contribution in [1.29, 1.82) is 0 Å². The Morgan fingerprint density at radius 2 is 0.695 bits per heavy atom. The number of ether oxygens (including phenoxy) is 5. The highest BCUT2D eigenvalue weighted by Crippen LogP contribution is 2.47. The smallest absolute Gasteiger partial charge is 0.410 e. The van der Waals surface area contributed by atoms with Crippen molar-refractivity contribution in [2.75, 3.05) is 87.7 Å². The van der Waals surface area contributed by atoms with E-state index in [1.165, 1.54) is 48.5 Å². The molecule has 6 N–H and O–H groups in total. The molecule has 16 rings (SSSR count). The number of rotatable bonds is 22. The van der Waals surface area contributed by atoms with Crippen LogP contribution in [0.5, 0.6) is 0 Å². The fraction of sp³-hybridized carbons (Fsp3) is 0.282. The second-order valence-electron chi connectivity index (χ2n) is 32.9. The largest absolute Gasteiger partial charge is 0.480 e. The summed E-state index contributed by atoms with van der Waals surface area (Å²) in [5.41, 5.74) is 20.2. The van der Waals surface area contributed by atoms with Crippen molar-refractivity contribution >= 4 is 76.1 Å². The summed E-state index contributed by atoms with van der Waals surface area (Å²) in [4.78, 5) is 108. The van der Waals surface area contributed by atoms with Gasteiger partial charge in [-0.3, -0.25) is 9.59 Å². The van der Waals surface area contributed by atoms with E-state index in [1.54, 1.807) is 109 Å². The summed E-state index contributed by atoms with van der Waals surface area (Å²) >= 11 is 5.63. The van der Waals surface area contributed by atoms with Crippen LogP contribution >= 0.6 is 11.6 Å². The zero-order valence-corrected chi connectivity index (χ0v) is 72.4. The minimum atomic E-state index is -2.34. The number of amides is 5. The lowest BCUT2D eigenvalue weighted by atomic mass is 9.96. The molecule has 0 aromatic heterocycles. The summed E-state index contributed by atoms with van der Waals surface area (Å²) in [7, 11) is 0. The zero-order chi connectivity index (χ0) is 96.0. The van der Waals surface area contributed by atoms with Crippen molar-refractivity contribution < 1.29 is 84.2 Å². The predicted molar refractivity (Wildman–Crippen MR) is 491 cm³/mol. The number of hydrogen-bond acceptors (Lipinski definition) is 16. The highest BCUT2D eigenvalue weighted by Gasteiger charge is 2.36. The number of nitrogens with zero attached hydrogens (tertiary/aromatic N) is 4. The number of fused-ring (bicyclic) bond motifs is 9. The summed E-state index contributed by atoms with van der Waals surface area (Å²) < 4.78 is 106. The Morgan fingerprint density at radius 3 is 1.02 bits per heavy atom. The van der Waals surface area contributed by atoms with Crippen LogP contribution in [0.25, 0.3) is 33.4 Å². The number of carbonyl (C=O) groups excluding carboxylic acids is 7. The van der Waals surface area contributed by atoms with Crippen LogP contribution in [0.4, 0.5) is 49.8 Å². The van der Waals surface area contributed by atoms with Gasteiger partial charge < -0.3 is 70.1 Å². The highest BCUT2D eigenvalue weighted by atomic mass is 35.5. The van der Waals surface area contributed by atoms with Crippen LogP contribution < -0.4 is 31.5 Å². The number of alkyl carbamates (subject to hydrolysis) is 3. The molecule has 11 aromatic carbocycles. The second-order valence-corrected chi connectivity index (χ2v) is 33.3. The van der Waals surface area contributed by atoms with Crippen molar-refractivity contribution in [1.82, 2.24) is 25.8 Å². The Hall–Kier alpha value is -13.9. The molecule has 3 atom stereocenters. The Bertz CT molecular complexity index is 5750. The van der Waals surface area contributed by atoms with Gasteiger partial charge in [0.2, 0.25) is 5.24 Å². The maximum atomic E-state index is 14.7. The van der Waals surface area contributed by atoms with Gasteiger partial charge in [-0.2, -0.15) is 0 Å². The second kappa shape index (κ2) is 42.4. The minimum Gasteiger partial charge on any atom is -0.480 e. The monoisotopic (exact) mass is 1760 g/mol. The lowest BCUT2D eigenvalue weighted by Gasteiger charge is -2.37. The van der Waals surface area contributed by atoms with Crippen LogP contribution in [0, 0.1) is 11.6 Å². The zero-order valence-electron chi connectivity index (χ0n) is 77.7. The van der Waals surface area contributed by atoms with Gasteiger partial charge in [-0.25, -0.2) is 37.5 Å². The Labute approximate surface area is 757 Å². The van der Waals surface area contributed by atoms with E-state index in [0.717, 1.165) is 72.4 Å². The van der Waals surface area contributed by atoms with Gasteiger partial charge in [-0.05, 0) is 185 Å². The maximum absolute atomic E-state index is 14.7. The van der Waals surface area contributed by atoms with Crippen molar-refractivity contribution in [3.63, 3.8) is 0 Å². The fourth-order valence-corrected chi connectivity index (χ4v) is 16.0. The fourth-order valence-electron chi connectivity index (χ4n) is 15.9. The number of aliphatic carboxylic acids is 1. The van der Waals surface area contributed by atoms with Crippen LogP contribution in [0.3, 0.4) is 0 Å². The molecule has 2 fully saturated rings. The molecular weight excluding hydrogens is 1650 g/mol. The average molecular weight is 1760 g/mol. The first-order chi connectivity index (χ1) is 63.9. The normalized spacial score (nSPS) is 15.4. The lowest BCUT2D eigenvalue weighted by molar-refractivity contribution is -0.139. The summed E-state index contributed by atoms with van der Waals surface area (Å²) in [6.07, 6.45) is -10.8. The third kappa shape index (κ3) is 24.2. The van der Waals surface area contributed by atoms with Gasteiger partial charge in [0.1, 0.15) is 54.7 Å². The van der Waals surface area contributed by atoms with E-state index < -0.39 is 95.6 Å². The molecule has 0 radical (unpaired) electrons. The number of nitrogens with two attached hydrogens (primary N) is 1. The molecule has 25 heteroatoms. The molecule has 0 spiro atoms. The standard InChI is InChI=1S/C40H42FN3O5.C24H20ClNO3.C24H21NO4.C15H22FN3O2/c1-40(2,3)49-39(47)44-21-19-43(20-22-44)36-18-17-29(41)24-28(36)25-37(45)35(23-27-11-5-4-6-12-27)42-38(46)48-26-34-32-15-9-7-13-30(32)31-14-8-10-16-33(31)34;25-23(27)22(14-16-8-2-1-3-9-16)26-24(28)29-15-21-19-12-6-4-10-17(19)18-11-5-7-13-20(18)21;26-23(27)22(14-16-8-2-1-3-9-16)25-24(28)29-15-21-19-12-6-4-10-17(19)18-11-5-7-13-20(18)21;1-15(2,3)21-14(20)19-8-6-18(7-9-19)13-5-4-11(16)10-12(13)17/h4-18,24,34-35H,19-23,25-26H2,1-3H3,(H,42,46);1-13,21-22H,14-15H2,(H,26,28);1-13,21-22H,14-15H2,(H,25,28)(H,26,27);4-5,10H,6-9,17H2,1-3H3/i23D2;2*14D2;. The molecule has 2 saturated heterocycles. The molecule has 0 saturated carbocycles. The molecule has 2 aliphatic heterocycles. The van der Waals surface area contributed by atoms with Crippen LogP contribution in [0.15, 0.2) is 273 Å². The summed E-state index contributed by atoms with van der Waals surface area (Å²) in [5.74, 6) is -3.58. The quantitative estimate of drug-likeness (QED) is 0.0239. The first-order valence-electron chi connectivity index (χ1n) is 45.1. The van der Waals surface area contributed by atoms with Crippen molar-refractivity contribution in [3.05, 3.63) is 340 Å². The molecule has 3 aliphatic carbocycles. The predicted octanol–water partition coefficient (Wildman–Crippen LogP) is 18.7. The van der Waals surface area contributed by atoms with E-state index in [9.17, 15) is 52.2 Å². The highest BCUT2D eigenvalue weighted by molar-refractivity contribution is 6.64. The number of hydrogen-bond donors (Lipinski definition) is 5. The molecule has 0 bridgehead atoms. The van der Waals surface area contributed by atoms with Gasteiger partial charge in [0.15, 0.2) is 5.78 Å². The number of ketones is 1. The number of Topliss-reactive ketones (excluding diaryl/α,β-unsaturated/α-hetero) is 1. The van der Waals surface area contributed by atoms with Crippen LogP contribution in [0.2, 0.25) is 0 Å². The number of carbonyl (C=O) groups is 8. The number of nitrogen functional groups attached to an aromatic ring is 1. The molecule has 662 valence electrons. The number of carboxylic acid groups (broad SMARTS) is 1. The van der Waals surface area contributed by atoms with Crippen molar-refractivity contribution in [3.8, 4) is 33.4 Å². The van der Waals surface area contributed by atoms with Gasteiger partial charge in [-0.1, -0.05) is 237 Å².